The molecule has 2 aromatic rings. The van der Waals surface area contributed by atoms with Crippen molar-refractivity contribution >= 4 is 44.8 Å². The second-order valence-electron chi connectivity index (χ2n) is 7.48. The lowest BCUT2D eigenvalue weighted by atomic mass is 9.91. The zero-order valence-corrected chi connectivity index (χ0v) is 18.8. The van der Waals surface area contributed by atoms with Crippen molar-refractivity contribution in [2.45, 2.75) is 24.2 Å². The van der Waals surface area contributed by atoms with Crippen LogP contribution in [0, 0.1) is 0 Å². The highest BCUT2D eigenvalue weighted by atomic mass is 35.5. The lowest BCUT2D eigenvalue weighted by molar-refractivity contribution is 0.0730. The van der Waals surface area contributed by atoms with Gasteiger partial charge in [0.15, 0.2) is 0 Å². The molecule has 160 valence electrons. The van der Waals surface area contributed by atoms with Gasteiger partial charge in [-0.25, -0.2) is 8.42 Å². The minimum absolute atomic E-state index is 0.00397. The average Bonchev–Trinajstić information content (AvgIpc) is 2.74. The Labute approximate surface area is 186 Å². The average molecular weight is 469 g/mol. The monoisotopic (exact) mass is 468 g/mol. The van der Waals surface area contributed by atoms with Crippen LogP contribution < -0.4 is 4.90 Å². The number of rotatable bonds is 3. The third-order valence-corrected chi connectivity index (χ3v) is 8.31. The molecule has 0 radical (unpaired) electrons. The van der Waals surface area contributed by atoms with E-state index in [2.05, 4.69) is 6.92 Å². The third-order valence-electron chi connectivity index (χ3n) is 5.63. The van der Waals surface area contributed by atoms with E-state index in [4.69, 9.17) is 27.9 Å². The summed E-state index contributed by atoms with van der Waals surface area (Å²) in [5.41, 5.74) is 2.03. The Kier molecular flexibility index (Phi) is 6.10. The number of sulfonamides is 1. The second kappa shape index (κ2) is 8.48. The van der Waals surface area contributed by atoms with Crippen molar-refractivity contribution in [3.63, 3.8) is 0 Å². The summed E-state index contributed by atoms with van der Waals surface area (Å²) in [7, 11) is -3.87. The molecule has 2 heterocycles. The second-order valence-corrected chi connectivity index (χ2v) is 10.2. The number of carbonyl (C=O) groups is 1. The van der Waals surface area contributed by atoms with Gasteiger partial charge in [0.1, 0.15) is 4.90 Å². The first-order chi connectivity index (χ1) is 14.3. The first-order valence-corrected chi connectivity index (χ1v) is 12.0. The van der Waals surface area contributed by atoms with Gasteiger partial charge in [0.05, 0.1) is 28.8 Å². The van der Waals surface area contributed by atoms with Crippen LogP contribution in [0.25, 0.3) is 0 Å². The zero-order valence-electron chi connectivity index (χ0n) is 16.5. The number of carbonyl (C=O) groups excluding carboxylic acids is 1. The molecule has 0 aliphatic carbocycles. The number of hydrogen-bond donors (Lipinski definition) is 0. The van der Waals surface area contributed by atoms with Crippen molar-refractivity contribution in [1.82, 2.24) is 4.31 Å². The molecule has 4 rings (SSSR count). The van der Waals surface area contributed by atoms with Gasteiger partial charge >= 0.3 is 0 Å². The number of amides is 1. The Morgan fingerprint density at radius 1 is 1.07 bits per heavy atom. The van der Waals surface area contributed by atoms with Crippen molar-refractivity contribution in [2.75, 3.05) is 37.7 Å². The fraction of sp³-hybridized carbons (Fsp3) is 0.381. The zero-order chi connectivity index (χ0) is 21.5. The van der Waals surface area contributed by atoms with E-state index in [1.54, 1.807) is 4.90 Å². The van der Waals surface area contributed by atoms with Crippen molar-refractivity contribution in [1.29, 1.82) is 0 Å². The lowest BCUT2D eigenvalue weighted by Crippen LogP contribution is -2.41. The summed E-state index contributed by atoms with van der Waals surface area (Å²) in [6, 6.07) is 10.4. The molecule has 0 aromatic heterocycles. The van der Waals surface area contributed by atoms with E-state index in [0.29, 0.717) is 25.7 Å². The van der Waals surface area contributed by atoms with Crippen molar-refractivity contribution in [2.24, 2.45) is 0 Å². The van der Waals surface area contributed by atoms with E-state index in [9.17, 15) is 13.2 Å². The molecule has 2 aliphatic rings. The molecule has 2 aromatic carbocycles. The van der Waals surface area contributed by atoms with E-state index in [-0.39, 0.29) is 39.5 Å². The van der Waals surface area contributed by atoms with Crippen LogP contribution >= 0.6 is 23.2 Å². The summed E-state index contributed by atoms with van der Waals surface area (Å²) < 4.78 is 32.8. The summed E-state index contributed by atoms with van der Waals surface area (Å²) in [5.74, 6) is -0.00218. The number of fused-ring (bicyclic) bond motifs is 1. The van der Waals surface area contributed by atoms with Crippen LogP contribution in [0.4, 0.5) is 5.69 Å². The van der Waals surface area contributed by atoms with Gasteiger partial charge in [-0.05, 0) is 36.1 Å². The Bertz CT molecular complexity index is 1080. The SMILES string of the molecule is CC1CCN(C(=O)c2cc(S(=O)(=O)N3CCOCC3)c(Cl)cc2Cl)c2ccccc21. The molecular formula is C21H22Cl2N2O4S. The number of anilines is 1. The molecule has 6 nitrogen and oxygen atoms in total. The summed E-state index contributed by atoms with van der Waals surface area (Å²) in [5, 5.41) is 0.123. The molecule has 1 atom stereocenters. The van der Waals surface area contributed by atoms with E-state index >= 15 is 0 Å². The molecule has 2 aliphatic heterocycles. The van der Waals surface area contributed by atoms with E-state index in [0.717, 1.165) is 17.7 Å². The molecule has 9 heteroatoms. The maximum absolute atomic E-state index is 13.4. The van der Waals surface area contributed by atoms with Gasteiger partial charge in [-0.1, -0.05) is 48.3 Å². The number of para-hydroxylation sites is 1. The Hall–Kier alpha value is -1.64. The van der Waals surface area contributed by atoms with E-state index in [1.165, 1.54) is 16.4 Å². The molecule has 1 fully saturated rings. The quantitative estimate of drug-likeness (QED) is 0.677. The van der Waals surface area contributed by atoms with Gasteiger partial charge in [-0.3, -0.25) is 4.79 Å². The van der Waals surface area contributed by atoms with E-state index in [1.807, 2.05) is 24.3 Å². The number of benzene rings is 2. The van der Waals surface area contributed by atoms with Crippen LogP contribution in [0.3, 0.4) is 0 Å². The van der Waals surface area contributed by atoms with Crippen LogP contribution in [-0.4, -0.2) is 51.5 Å². The molecule has 0 bridgehead atoms. The predicted octanol–water partition coefficient (Wildman–Crippen LogP) is 4.17. The number of ether oxygens (including phenoxy) is 1. The molecule has 30 heavy (non-hydrogen) atoms. The Morgan fingerprint density at radius 3 is 2.50 bits per heavy atom. The van der Waals surface area contributed by atoms with Gasteiger partial charge < -0.3 is 9.64 Å². The van der Waals surface area contributed by atoms with Gasteiger partial charge in [-0.15, -0.1) is 0 Å². The fourth-order valence-corrected chi connectivity index (χ4v) is 6.16. The first-order valence-electron chi connectivity index (χ1n) is 9.78. The molecule has 0 saturated carbocycles. The van der Waals surface area contributed by atoms with Crippen LogP contribution in [-0.2, 0) is 14.8 Å². The van der Waals surface area contributed by atoms with Crippen molar-refractivity contribution in [3.8, 4) is 0 Å². The standard InChI is InChI=1S/C21H22Cl2N2O4S/c1-14-6-7-25(19-5-3-2-4-15(14)19)21(26)16-12-20(18(23)13-17(16)22)30(27,28)24-8-10-29-11-9-24/h2-5,12-14H,6-11H2,1H3. The highest BCUT2D eigenvalue weighted by Crippen LogP contribution is 2.37. The minimum atomic E-state index is -3.87. The first kappa shape index (κ1) is 21.6. The molecule has 1 amide bonds. The van der Waals surface area contributed by atoms with Gasteiger partial charge in [0.2, 0.25) is 10.0 Å². The number of hydrogen-bond acceptors (Lipinski definition) is 4. The van der Waals surface area contributed by atoms with Crippen LogP contribution in [0.5, 0.6) is 0 Å². The van der Waals surface area contributed by atoms with Crippen LogP contribution in [0.2, 0.25) is 10.0 Å². The summed E-state index contributed by atoms with van der Waals surface area (Å²) in [6.07, 6.45) is 0.812. The van der Waals surface area contributed by atoms with Gasteiger partial charge in [0, 0.05) is 25.3 Å². The smallest absolute Gasteiger partial charge is 0.259 e. The normalized spacial score (nSPS) is 20.1. The maximum Gasteiger partial charge on any atom is 0.259 e. The fourth-order valence-electron chi connectivity index (χ4n) is 3.92. The summed E-state index contributed by atoms with van der Waals surface area (Å²) in [6.45, 7) is 3.77. The minimum Gasteiger partial charge on any atom is -0.379 e. The Balaban J connectivity index is 1.74. The van der Waals surface area contributed by atoms with Crippen molar-refractivity contribution < 1.29 is 17.9 Å². The van der Waals surface area contributed by atoms with Crippen LogP contribution in [0.15, 0.2) is 41.3 Å². The molecular weight excluding hydrogens is 447 g/mol. The summed E-state index contributed by atoms with van der Waals surface area (Å²) in [4.78, 5) is 15.0. The predicted molar refractivity (Wildman–Crippen MR) is 117 cm³/mol. The molecule has 0 N–H and O–H groups in total. The van der Waals surface area contributed by atoms with Crippen LogP contribution in [0.1, 0.15) is 35.2 Å². The van der Waals surface area contributed by atoms with Gasteiger partial charge in [0.25, 0.3) is 5.91 Å². The highest BCUT2D eigenvalue weighted by molar-refractivity contribution is 7.89. The molecule has 0 spiro atoms. The van der Waals surface area contributed by atoms with Crippen molar-refractivity contribution in [3.05, 3.63) is 57.6 Å². The number of nitrogens with zero attached hydrogens (tertiary/aromatic N) is 2. The summed E-state index contributed by atoms with van der Waals surface area (Å²) >= 11 is 12.6. The van der Waals surface area contributed by atoms with E-state index < -0.39 is 10.0 Å². The topological polar surface area (TPSA) is 66.9 Å². The van der Waals surface area contributed by atoms with Gasteiger partial charge in [-0.2, -0.15) is 4.31 Å². The maximum atomic E-state index is 13.4. The Morgan fingerprint density at radius 2 is 1.77 bits per heavy atom. The third kappa shape index (κ3) is 3.85. The lowest BCUT2D eigenvalue weighted by Gasteiger charge is -2.33. The highest BCUT2D eigenvalue weighted by Gasteiger charge is 2.32. The number of morpholine rings is 1. The number of halogens is 2. The largest absolute Gasteiger partial charge is 0.379 e. The molecule has 1 unspecified atom stereocenters. The molecule has 1 saturated heterocycles.